The van der Waals surface area contributed by atoms with Crippen molar-refractivity contribution in [2.75, 3.05) is 20.1 Å². The van der Waals surface area contributed by atoms with Gasteiger partial charge in [-0.15, -0.1) is 6.42 Å². The van der Waals surface area contributed by atoms with E-state index in [1.165, 1.54) is 5.19 Å². The van der Waals surface area contributed by atoms with Crippen molar-refractivity contribution in [1.82, 2.24) is 0 Å². The Hall–Kier alpha value is -0.986. The van der Waals surface area contributed by atoms with Gasteiger partial charge in [0.05, 0.1) is 28.4 Å². The second-order valence-electron chi connectivity index (χ2n) is 10.2. The van der Waals surface area contributed by atoms with Gasteiger partial charge in [-0.3, -0.25) is 0 Å². The summed E-state index contributed by atoms with van der Waals surface area (Å²) in [6.07, 6.45) is 6.57. The molecule has 0 radical (unpaired) electrons. The van der Waals surface area contributed by atoms with Crippen LogP contribution >= 0.6 is 0 Å². The van der Waals surface area contributed by atoms with Crippen molar-refractivity contribution in [3.63, 3.8) is 0 Å². The quantitative estimate of drug-likeness (QED) is 0.329. The second-order valence-corrected chi connectivity index (χ2v) is 20.4. The van der Waals surface area contributed by atoms with Crippen molar-refractivity contribution in [2.45, 2.75) is 75.4 Å². The minimum Gasteiger partial charge on any atom is -0.369 e. The van der Waals surface area contributed by atoms with Gasteiger partial charge in [0.2, 0.25) is 0 Å². The number of methoxy groups -OCH3 is 1. The molecule has 2 fully saturated rings. The zero-order chi connectivity index (χ0) is 22.0. The summed E-state index contributed by atoms with van der Waals surface area (Å²) < 4.78 is 30.2. The van der Waals surface area contributed by atoms with Crippen LogP contribution in [0.15, 0.2) is 30.3 Å². The molecular formula is C23H36O5Si2. The molecule has 2 saturated heterocycles. The Morgan fingerprint density at radius 3 is 2.47 bits per heavy atom. The lowest BCUT2D eigenvalue weighted by Gasteiger charge is -2.34. The predicted octanol–water partition coefficient (Wildman–Crippen LogP) is 3.37. The van der Waals surface area contributed by atoms with Gasteiger partial charge in [-0.2, -0.15) is 0 Å². The Labute approximate surface area is 183 Å². The van der Waals surface area contributed by atoms with E-state index >= 15 is 0 Å². The van der Waals surface area contributed by atoms with E-state index in [0.717, 1.165) is 12.5 Å². The fourth-order valence-electron chi connectivity index (χ4n) is 4.30. The number of hydrogen-bond donors (Lipinski definition) is 0. The van der Waals surface area contributed by atoms with Gasteiger partial charge in [0.25, 0.3) is 5.79 Å². The summed E-state index contributed by atoms with van der Waals surface area (Å²) >= 11 is 0. The van der Waals surface area contributed by atoms with E-state index in [0.29, 0.717) is 6.23 Å². The van der Waals surface area contributed by atoms with E-state index in [1.54, 1.807) is 7.11 Å². The molecule has 3 rings (SSSR count). The summed E-state index contributed by atoms with van der Waals surface area (Å²) in [5.74, 6) is 1.54. The van der Waals surface area contributed by atoms with Crippen molar-refractivity contribution in [1.29, 1.82) is 0 Å². The van der Waals surface area contributed by atoms with Gasteiger partial charge < -0.3 is 23.7 Å². The Bertz CT molecular complexity index is 742. The molecule has 0 N–H and O–H groups in total. The maximum Gasteiger partial charge on any atom is 0.263 e. The van der Waals surface area contributed by atoms with Crippen LogP contribution < -0.4 is 5.19 Å². The zero-order valence-electron chi connectivity index (χ0n) is 19.1. The average Bonchev–Trinajstić information content (AvgIpc) is 3.19. The van der Waals surface area contributed by atoms with Crippen LogP contribution in [0.2, 0.25) is 38.8 Å². The molecule has 0 aliphatic carbocycles. The van der Waals surface area contributed by atoms with Crippen LogP contribution in [0, 0.1) is 12.3 Å². The van der Waals surface area contributed by atoms with Crippen LogP contribution in [0.25, 0.3) is 0 Å². The number of ether oxygens (including phenoxy) is 5. The summed E-state index contributed by atoms with van der Waals surface area (Å²) in [5.41, 5.74) is 0. The number of fused-ring (bicyclic) bond motifs is 1. The maximum atomic E-state index is 6.51. The van der Waals surface area contributed by atoms with E-state index in [-0.39, 0.29) is 25.1 Å². The molecule has 7 heteroatoms. The number of hydrogen-bond acceptors (Lipinski definition) is 5. The van der Waals surface area contributed by atoms with E-state index < -0.39 is 28.0 Å². The van der Waals surface area contributed by atoms with Crippen molar-refractivity contribution >= 4 is 21.3 Å². The lowest BCUT2D eigenvalue weighted by Crippen LogP contribution is -2.50. The first kappa shape index (κ1) is 23.7. The van der Waals surface area contributed by atoms with Gasteiger partial charge in [-0.1, -0.05) is 68.3 Å². The fourth-order valence-corrected chi connectivity index (χ4v) is 7.68. The minimum atomic E-state index is -1.64. The SMILES string of the molecule is C#CC1(OC[Si](C)(C)C)O[C@H]2C[C@@H](C[Si](C)(C)c3ccccc3)O[C@H]2[C@@H]1OCOC. The van der Waals surface area contributed by atoms with Crippen LogP contribution in [0.4, 0.5) is 0 Å². The molecule has 0 amide bonds. The summed E-state index contributed by atoms with van der Waals surface area (Å²) in [6, 6.07) is 11.8. The lowest BCUT2D eigenvalue weighted by molar-refractivity contribution is -0.242. The molecule has 2 aliphatic rings. The summed E-state index contributed by atoms with van der Waals surface area (Å²) in [7, 11) is -1.53. The van der Waals surface area contributed by atoms with Gasteiger partial charge in [-0.05, 0) is 12.0 Å². The van der Waals surface area contributed by atoms with Gasteiger partial charge >= 0.3 is 0 Å². The summed E-state index contributed by atoms with van der Waals surface area (Å²) in [4.78, 5) is 0. The first-order valence-corrected chi connectivity index (χ1v) is 17.6. The molecule has 5 atom stereocenters. The highest BCUT2D eigenvalue weighted by molar-refractivity contribution is 6.89. The number of benzene rings is 1. The molecule has 1 unspecified atom stereocenters. The largest absolute Gasteiger partial charge is 0.369 e. The maximum absolute atomic E-state index is 6.51. The first-order valence-electron chi connectivity index (χ1n) is 10.7. The molecule has 1 aromatic rings. The molecule has 30 heavy (non-hydrogen) atoms. The van der Waals surface area contributed by atoms with E-state index in [9.17, 15) is 0 Å². The highest BCUT2D eigenvalue weighted by Crippen LogP contribution is 2.44. The summed E-state index contributed by atoms with van der Waals surface area (Å²) in [5, 5.41) is 1.44. The molecule has 1 aromatic carbocycles. The molecule has 5 nitrogen and oxygen atoms in total. The highest BCUT2D eigenvalue weighted by Gasteiger charge is 2.61. The average molecular weight is 449 g/mol. The standard InChI is InChI=1S/C23H36O5Si2/c1-8-23(26-17-29(3,4)5)22(25-16-24-2)21-20(28-23)14-18(27-21)15-30(6,7)19-12-10-9-11-13-19/h1,9-13,18,20-22H,14-17H2,2-7H3/t18-,20-,21+,22-,23?/m0/s1. The van der Waals surface area contributed by atoms with Gasteiger partial charge in [0.1, 0.15) is 12.9 Å². The monoisotopic (exact) mass is 448 g/mol. The molecule has 166 valence electrons. The Kier molecular flexibility index (Phi) is 7.30. The van der Waals surface area contributed by atoms with Crippen molar-refractivity contribution in [2.24, 2.45) is 0 Å². The highest BCUT2D eigenvalue weighted by atomic mass is 28.3. The third-order valence-electron chi connectivity index (χ3n) is 5.79. The van der Waals surface area contributed by atoms with Crippen LogP contribution in [0.1, 0.15) is 6.42 Å². The van der Waals surface area contributed by atoms with Crippen LogP contribution in [-0.4, -0.2) is 66.5 Å². The molecule has 0 saturated carbocycles. The van der Waals surface area contributed by atoms with Crippen LogP contribution in [0.3, 0.4) is 0 Å². The van der Waals surface area contributed by atoms with Crippen molar-refractivity contribution in [3.8, 4) is 12.3 Å². The number of rotatable bonds is 9. The van der Waals surface area contributed by atoms with Crippen LogP contribution in [-0.2, 0) is 23.7 Å². The molecule has 2 aliphatic heterocycles. The van der Waals surface area contributed by atoms with Gasteiger partial charge in [0, 0.05) is 19.8 Å². The van der Waals surface area contributed by atoms with Gasteiger partial charge in [0.15, 0.2) is 6.10 Å². The third-order valence-corrected chi connectivity index (χ3v) is 10.2. The van der Waals surface area contributed by atoms with Crippen LogP contribution in [0.5, 0.6) is 0 Å². The minimum absolute atomic E-state index is 0.120. The molecule has 2 heterocycles. The molecular weight excluding hydrogens is 412 g/mol. The second kappa shape index (κ2) is 9.25. The Morgan fingerprint density at radius 1 is 1.17 bits per heavy atom. The molecule has 0 aromatic heterocycles. The Morgan fingerprint density at radius 2 is 1.87 bits per heavy atom. The third kappa shape index (κ3) is 5.25. The van der Waals surface area contributed by atoms with Crippen molar-refractivity contribution in [3.05, 3.63) is 30.3 Å². The number of terminal acetylenes is 1. The zero-order valence-corrected chi connectivity index (χ0v) is 21.1. The lowest BCUT2D eigenvalue weighted by atomic mass is 10.1. The predicted molar refractivity (Wildman–Crippen MR) is 124 cm³/mol. The van der Waals surface area contributed by atoms with E-state index in [2.05, 4.69) is 69.0 Å². The normalized spacial score (nSPS) is 31.5. The van der Waals surface area contributed by atoms with E-state index in [4.69, 9.17) is 30.1 Å². The summed E-state index contributed by atoms with van der Waals surface area (Å²) in [6.45, 7) is 11.6. The van der Waals surface area contributed by atoms with Crippen molar-refractivity contribution < 1.29 is 23.7 Å². The first-order chi connectivity index (χ1) is 14.1. The Balaban J connectivity index is 1.73. The fraction of sp³-hybridized carbons (Fsp3) is 0.652. The topological polar surface area (TPSA) is 46.2 Å². The smallest absolute Gasteiger partial charge is 0.263 e. The van der Waals surface area contributed by atoms with E-state index in [1.807, 2.05) is 0 Å². The molecule has 0 bridgehead atoms. The molecule has 0 spiro atoms. The van der Waals surface area contributed by atoms with Gasteiger partial charge in [-0.25, -0.2) is 0 Å².